The van der Waals surface area contributed by atoms with E-state index in [1.54, 1.807) is 5.56 Å². The molecule has 0 aliphatic heterocycles. The second-order valence-corrected chi connectivity index (χ2v) is 4.11. The summed E-state index contributed by atoms with van der Waals surface area (Å²) in [5.74, 6) is 0. The molecule has 0 saturated carbocycles. The number of aryl methyl sites for hydroxylation is 2. The summed E-state index contributed by atoms with van der Waals surface area (Å²) < 4.78 is 0. The Morgan fingerprint density at radius 1 is 1.13 bits per heavy atom. The van der Waals surface area contributed by atoms with Gasteiger partial charge in [-0.2, -0.15) is 0 Å². The SMILES string of the molecule is Cc1c2c([nH+]c3ccccc13)CCC2.[Cl-]. The Kier molecular flexibility index (Phi) is 2.66. The lowest BCUT2D eigenvalue weighted by molar-refractivity contribution is -0.357. The molecule has 1 aromatic heterocycles. The highest BCUT2D eigenvalue weighted by molar-refractivity contribution is 5.80. The third kappa shape index (κ3) is 1.51. The first kappa shape index (κ1) is 10.4. The molecule has 15 heavy (non-hydrogen) atoms. The molecule has 1 aliphatic carbocycles. The van der Waals surface area contributed by atoms with Crippen LogP contribution in [-0.4, -0.2) is 0 Å². The molecule has 0 bridgehead atoms. The van der Waals surface area contributed by atoms with Gasteiger partial charge in [0.15, 0.2) is 5.69 Å². The van der Waals surface area contributed by atoms with Crippen LogP contribution in [0.3, 0.4) is 0 Å². The molecule has 1 nitrogen and oxygen atoms in total. The first-order chi connectivity index (χ1) is 6.86. The van der Waals surface area contributed by atoms with Gasteiger partial charge in [0.25, 0.3) is 0 Å². The van der Waals surface area contributed by atoms with Crippen LogP contribution in [-0.2, 0) is 12.8 Å². The average molecular weight is 220 g/mol. The molecule has 78 valence electrons. The van der Waals surface area contributed by atoms with Gasteiger partial charge in [0.05, 0.1) is 0 Å². The first-order valence-corrected chi connectivity index (χ1v) is 5.28. The summed E-state index contributed by atoms with van der Waals surface area (Å²) >= 11 is 0. The normalized spacial score (nSPS) is 13.7. The zero-order chi connectivity index (χ0) is 9.54. The van der Waals surface area contributed by atoms with Crippen LogP contribution in [0.5, 0.6) is 0 Å². The van der Waals surface area contributed by atoms with Crippen LogP contribution in [0.25, 0.3) is 10.9 Å². The molecule has 0 radical (unpaired) electrons. The Hall–Kier alpha value is -1.08. The number of pyridine rings is 1. The van der Waals surface area contributed by atoms with E-state index in [1.165, 1.54) is 41.4 Å². The molecule has 0 spiro atoms. The van der Waals surface area contributed by atoms with Crippen LogP contribution in [0.4, 0.5) is 0 Å². The minimum absolute atomic E-state index is 0. The lowest BCUT2D eigenvalue weighted by atomic mass is 10.0. The molecular formula is C13H14ClN. The number of aromatic amines is 1. The van der Waals surface area contributed by atoms with Gasteiger partial charge in [0, 0.05) is 23.4 Å². The van der Waals surface area contributed by atoms with Gasteiger partial charge in [-0.3, -0.25) is 0 Å². The van der Waals surface area contributed by atoms with Gasteiger partial charge in [-0.1, -0.05) is 12.1 Å². The summed E-state index contributed by atoms with van der Waals surface area (Å²) in [7, 11) is 0. The lowest BCUT2D eigenvalue weighted by Crippen LogP contribution is -3.00. The van der Waals surface area contributed by atoms with Crippen molar-refractivity contribution in [2.45, 2.75) is 26.2 Å². The molecule has 1 heterocycles. The molecule has 0 atom stereocenters. The number of rotatable bonds is 0. The third-order valence-corrected chi connectivity index (χ3v) is 3.29. The van der Waals surface area contributed by atoms with Crippen molar-refractivity contribution in [2.75, 3.05) is 0 Å². The van der Waals surface area contributed by atoms with Gasteiger partial charge >= 0.3 is 0 Å². The van der Waals surface area contributed by atoms with Gasteiger partial charge in [-0.15, -0.1) is 0 Å². The third-order valence-electron chi connectivity index (χ3n) is 3.29. The van der Waals surface area contributed by atoms with Crippen molar-refractivity contribution in [1.29, 1.82) is 0 Å². The van der Waals surface area contributed by atoms with Crippen molar-refractivity contribution in [2.24, 2.45) is 0 Å². The Labute approximate surface area is 95.9 Å². The molecule has 0 amide bonds. The number of H-pyrrole nitrogens is 1. The molecule has 0 unspecified atom stereocenters. The average Bonchev–Trinajstić information content (AvgIpc) is 2.66. The topological polar surface area (TPSA) is 14.1 Å². The summed E-state index contributed by atoms with van der Waals surface area (Å²) in [6, 6.07) is 8.59. The van der Waals surface area contributed by atoms with Gasteiger partial charge in [0.2, 0.25) is 5.52 Å². The van der Waals surface area contributed by atoms with E-state index >= 15 is 0 Å². The predicted molar refractivity (Wildman–Crippen MR) is 57.3 cm³/mol. The van der Waals surface area contributed by atoms with E-state index < -0.39 is 0 Å². The number of fused-ring (bicyclic) bond motifs is 2. The highest BCUT2D eigenvalue weighted by atomic mass is 35.5. The number of halogens is 1. The van der Waals surface area contributed by atoms with Crippen molar-refractivity contribution < 1.29 is 17.4 Å². The minimum atomic E-state index is 0. The van der Waals surface area contributed by atoms with Crippen LogP contribution in [0.1, 0.15) is 23.2 Å². The summed E-state index contributed by atoms with van der Waals surface area (Å²) in [6.45, 7) is 2.25. The zero-order valence-electron chi connectivity index (χ0n) is 8.81. The van der Waals surface area contributed by atoms with Crippen LogP contribution < -0.4 is 17.4 Å². The summed E-state index contributed by atoms with van der Waals surface area (Å²) in [5, 5.41) is 1.38. The second-order valence-electron chi connectivity index (χ2n) is 4.11. The van der Waals surface area contributed by atoms with Crippen molar-refractivity contribution >= 4 is 10.9 Å². The largest absolute Gasteiger partial charge is 1.00 e. The summed E-state index contributed by atoms with van der Waals surface area (Å²) in [5.41, 5.74) is 5.78. The molecular weight excluding hydrogens is 206 g/mol. The van der Waals surface area contributed by atoms with E-state index in [1.807, 2.05) is 0 Å². The molecule has 1 N–H and O–H groups in total. The van der Waals surface area contributed by atoms with Gasteiger partial charge in [-0.05, 0) is 31.4 Å². The lowest BCUT2D eigenvalue weighted by Gasteiger charge is -2.02. The van der Waals surface area contributed by atoms with Gasteiger partial charge in [0.1, 0.15) is 0 Å². The van der Waals surface area contributed by atoms with Crippen molar-refractivity contribution in [1.82, 2.24) is 0 Å². The highest BCUT2D eigenvalue weighted by Crippen LogP contribution is 2.26. The summed E-state index contributed by atoms with van der Waals surface area (Å²) in [4.78, 5) is 3.55. The van der Waals surface area contributed by atoms with Crippen LogP contribution in [0.15, 0.2) is 24.3 Å². The maximum Gasteiger partial charge on any atom is 0.211 e. The van der Waals surface area contributed by atoms with E-state index in [-0.39, 0.29) is 12.4 Å². The fourth-order valence-corrected chi connectivity index (χ4v) is 2.54. The van der Waals surface area contributed by atoms with Crippen LogP contribution in [0.2, 0.25) is 0 Å². The molecule has 2 heteroatoms. The summed E-state index contributed by atoms with van der Waals surface area (Å²) in [6.07, 6.45) is 3.78. The molecule has 0 fully saturated rings. The molecule has 1 aromatic carbocycles. The number of hydrogen-bond donors (Lipinski definition) is 0. The van der Waals surface area contributed by atoms with E-state index in [9.17, 15) is 0 Å². The number of benzene rings is 1. The molecule has 2 aromatic rings. The van der Waals surface area contributed by atoms with Crippen LogP contribution in [0, 0.1) is 6.92 Å². The monoisotopic (exact) mass is 219 g/mol. The smallest absolute Gasteiger partial charge is 0.211 e. The second kappa shape index (κ2) is 3.82. The van der Waals surface area contributed by atoms with E-state index in [2.05, 4.69) is 36.2 Å². The number of para-hydroxylation sites is 1. The predicted octanol–water partition coefficient (Wildman–Crippen LogP) is -0.545. The number of hydrogen-bond acceptors (Lipinski definition) is 0. The van der Waals surface area contributed by atoms with Crippen molar-refractivity contribution in [3.8, 4) is 0 Å². The zero-order valence-corrected chi connectivity index (χ0v) is 9.56. The van der Waals surface area contributed by atoms with Crippen molar-refractivity contribution in [3.05, 3.63) is 41.1 Å². The number of aromatic nitrogens is 1. The fraction of sp³-hybridized carbons (Fsp3) is 0.308. The highest BCUT2D eigenvalue weighted by Gasteiger charge is 2.21. The quantitative estimate of drug-likeness (QED) is 0.565. The van der Waals surface area contributed by atoms with Gasteiger partial charge < -0.3 is 12.4 Å². The maximum atomic E-state index is 3.55. The Bertz CT molecular complexity index is 505. The maximum absolute atomic E-state index is 3.55. The minimum Gasteiger partial charge on any atom is -1.00 e. The first-order valence-electron chi connectivity index (χ1n) is 5.28. The van der Waals surface area contributed by atoms with Crippen LogP contribution >= 0.6 is 0 Å². The van der Waals surface area contributed by atoms with Gasteiger partial charge in [-0.25, -0.2) is 4.98 Å². The Morgan fingerprint density at radius 3 is 2.80 bits per heavy atom. The standard InChI is InChI=1S/C13H13N.ClH/c1-9-10-5-2-3-7-12(10)14-13-8-4-6-11(9)13;/h2-3,5,7H,4,6,8H2,1H3;1H. The molecule has 0 saturated heterocycles. The fourth-order valence-electron chi connectivity index (χ4n) is 2.54. The Balaban J connectivity index is 0.000000853. The van der Waals surface area contributed by atoms with E-state index in [0.717, 1.165) is 0 Å². The van der Waals surface area contributed by atoms with E-state index in [0.29, 0.717) is 0 Å². The molecule has 3 rings (SSSR count). The Morgan fingerprint density at radius 2 is 1.93 bits per heavy atom. The molecule has 1 aliphatic rings. The van der Waals surface area contributed by atoms with E-state index in [4.69, 9.17) is 0 Å². The van der Waals surface area contributed by atoms with Crippen molar-refractivity contribution in [3.63, 3.8) is 0 Å². The number of nitrogens with one attached hydrogen (secondary N) is 1.